The van der Waals surface area contributed by atoms with Crippen LogP contribution < -0.4 is 10.6 Å². The number of hydrogen-bond acceptors (Lipinski definition) is 2. The molecule has 102 valence electrons. The molecule has 0 saturated carbocycles. The summed E-state index contributed by atoms with van der Waals surface area (Å²) in [5.74, 6) is -0.623. The molecule has 4 nitrogen and oxygen atoms in total. The molecule has 2 amide bonds. The van der Waals surface area contributed by atoms with Gasteiger partial charge in [0.05, 0.1) is 6.54 Å². The van der Waals surface area contributed by atoms with E-state index in [9.17, 15) is 9.59 Å². The molecule has 0 unspecified atom stereocenters. The fraction of sp³-hybridized carbons (Fsp3) is 0.0667. The fourth-order valence-corrected chi connectivity index (χ4v) is 1.81. The Morgan fingerprint density at radius 3 is 2.45 bits per heavy atom. The molecule has 0 heterocycles. The zero-order chi connectivity index (χ0) is 14.4. The standard InChI is InChI=1S/C15H13ClN2O2/c16-12-6-4-5-11(9-12)15(20)17-10-14(19)18-13-7-2-1-3-8-13/h1-9H,10H2,(H,17,20)(H,18,19). The van der Waals surface area contributed by atoms with Crippen molar-refractivity contribution in [1.82, 2.24) is 5.32 Å². The summed E-state index contributed by atoms with van der Waals surface area (Å²) in [5.41, 5.74) is 1.11. The molecule has 0 bridgehead atoms. The Bertz CT molecular complexity index is 614. The van der Waals surface area contributed by atoms with Crippen LogP contribution in [0.1, 0.15) is 10.4 Å². The van der Waals surface area contributed by atoms with E-state index in [2.05, 4.69) is 10.6 Å². The van der Waals surface area contributed by atoms with E-state index in [1.54, 1.807) is 36.4 Å². The Morgan fingerprint density at radius 1 is 1.00 bits per heavy atom. The molecule has 0 fully saturated rings. The Labute approximate surface area is 121 Å². The molecule has 5 heteroatoms. The second kappa shape index (κ2) is 6.73. The molecule has 0 aromatic heterocycles. The van der Waals surface area contributed by atoms with Crippen LogP contribution in [0.15, 0.2) is 54.6 Å². The zero-order valence-electron chi connectivity index (χ0n) is 10.6. The monoisotopic (exact) mass is 288 g/mol. The number of rotatable bonds is 4. The molecule has 0 spiro atoms. The third-order valence-electron chi connectivity index (χ3n) is 2.55. The number of carbonyl (C=O) groups is 2. The summed E-state index contributed by atoms with van der Waals surface area (Å²) >= 11 is 5.80. The van der Waals surface area contributed by atoms with Crippen LogP contribution in [-0.4, -0.2) is 18.4 Å². The molecule has 2 aromatic carbocycles. The summed E-state index contributed by atoms with van der Waals surface area (Å²) in [6, 6.07) is 15.6. The van der Waals surface area contributed by atoms with Crippen molar-refractivity contribution in [2.24, 2.45) is 0 Å². The van der Waals surface area contributed by atoms with Gasteiger partial charge in [0.25, 0.3) is 5.91 Å². The van der Waals surface area contributed by atoms with Crippen molar-refractivity contribution >= 4 is 29.1 Å². The Balaban J connectivity index is 1.86. The van der Waals surface area contributed by atoms with Crippen molar-refractivity contribution in [3.63, 3.8) is 0 Å². The first-order valence-electron chi connectivity index (χ1n) is 6.04. The largest absolute Gasteiger partial charge is 0.343 e. The molecule has 0 aliphatic heterocycles. The van der Waals surface area contributed by atoms with Gasteiger partial charge in [-0.05, 0) is 30.3 Å². The SMILES string of the molecule is O=C(CNC(=O)c1cccc(Cl)c1)Nc1ccccc1. The smallest absolute Gasteiger partial charge is 0.251 e. The van der Waals surface area contributed by atoms with Crippen molar-refractivity contribution < 1.29 is 9.59 Å². The van der Waals surface area contributed by atoms with Gasteiger partial charge < -0.3 is 10.6 Å². The Hall–Kier alpha value is -2.33. The van der Waals surface area contributed by atoms with Crippen molar-refractivity contribution in [3.05, 3.63) is 65.2 Å². The van der Waals surface area contributed by atoms with Gasteiger partial charge in [-0.2, -0.15) is 0 Å². The molecule has 0 aliphatic carbocycles. The van der Waals surface area contributed by atoms with E-state index in [1.807, 2.05) is 18.2 Å². The van der Waals surface area contributed by atoms with Crippen LogP contribution in [0.5, 0.6) is 0 Å². The van der Waals surface area contributed by atoms with E-state index in [0.29, 0.717) is 16.3 Å². The number of para-hydroxylation sites is 1. The highest BCUT2D eigenvalue weighted by Crippen LogP contribution is 2.10. The summed E-state index contributed by atoms with van der Waals surface area (Å²) in [5, 5.41) is 5.70. The second-order valence-electron chi connectivity index (χ2n) is 4.11. The van der Waals surface area contributed by atoms with Gasteiger partial charge in [0, 0.05) is 16.3 Å². The average Bonchev–Trinajstić information content (AvgIpc) is 2.46. The molecule has 2 rings (SSSR count). The number of nitrogens with one attached hydrogen (secondary N) is 2. The number of hydrogen-bond donors (Lipinski definition) is 2. The van der Waals surface area contributed by atoms with E-state index in [0.717, 1.165) is 0 Å². The van der Waals surface area contributed by atoms with Gasteiger partial charge in [-0.1, -0.05) is 35.9 Å². The van der Waals surface area contributed by atoms with Crippen molar-refractivity contribution in [2.75, 3.05) is 11.9 Å². The number of halogens is 1. The average molecular weight is 289 g/mol. The van der Waals surface area contributed by atoms with E-state index in [-0.39, 0.29) is 18.4 Å². The minimum Gasteiger partial charge on any atom is -0.343 e. The molecule has 0 atom stereocenters. The quantitative estimate of drug-likeness (QED) is 0.909. The first-order valence-corrected chi connectivity index (χ1v) is 6.41. The van der Waals surface area contributed by atoms with Gasteiger partial charge in [0.1, 0.15) is 0 Å². The van der Waals surface area contributed by atoms with Crippen LogP contribution >= 0.6 is 11.6 Å². The Kier molecular flexibility index (Phi) is 4.74. The van der Waals surface area contributed by atoms with Gasteiger partial charge in [-0.25, -0.2) is 0 Å². The number of benzene rings is 2. The van der Waals surface area contributed by atoms with Crippen LogP contribution in [0.3, 0.4) is 0 Å². The summed E-state index contributed by atoms with van der Waals surface area (Å²) in [6.45, 7) is -0.0970. The zero-order valence-corrected chi connectivity index (χ0v) is 11.4. The lowest BCUT2D eigenvalue weighted by atomic mass is 10.2. The van der Waals surface area contributed by atoms with E-state index >= 15 is 0 Å². The number of carbonyl (C=O) groups excluding carboxylic acids is 2. The molecule has 2 aromatic rings. The van der Waals surface area contributed by atoms with Crippen LogP contribution in [0.4, 0.5) is 5.69 Å². The Morgan fingerprint density at radius 2 is 1.75 bits per heavy atom. The summed E-state index contributed by atoms with van der Waals surface area (Å²) in [4.78, 5) is 23.5. The van der Waals surface area contributed by atoms with Crippen molar-refractivity contribution in [1.29, 1.82) is 0 Å². The molecular weight excluding hydrogens is 276 g/mol. The maximum absolute atomic E-state index is 11.8. The predicted octanol–water partition coefficient (Wildman–Crippen LogP) is 2.71. The van der Waals surface area contributed by atoms with E-state index in [1.165, 1.54) is 0 Å². The minimum atomic E-state index is -0.337. The van der Waals surface area contributed by atoms with Gasteiger partial charge in [-0.3, -0.25) is 9.59 Å². The second-order valence-corrected chi connectivity index (χ2v) is 4.54. The highest BCUT2D eigenvalue weighted by molar-refractivity contribution is 6.31. The maximum atomic E-state index is 11.8. The van der Waals surface area contributed by atoms with Gasteiger partial charge in [-0.15, -0.1) is 0 Å². The highest BCUT2D eigenvalue weighted by atomic mass is 35.5. The van der Waals surface area contributed by atoms with Gasteiger partial charge >= 0.3 is 0 Å². The van der Waals surface area contributed by atoms with Gasteiger partial charge in [0.2, 0.25) is 5.91 Å². The number of amides is 2. The topological polar surface area (TPSA) is 58.2 Å². The lowest BCUT2D eigenvalue weighted by molar-refractivity contribution is -0.115. The van der Waals surface area contributed by atoms with E-state index in [4.69, 9.17) is 11.6 Å². The normalized spacial score (nSPS) is 9.85. The van der Waals surface area contributed by atoms with E-state index < -0.39 is 0 Å². The van der Waals surface area contributed by atoms with Crippen LogP contribution in [0.2, 0.25) is 5.02 Å². The first kappa shape index (κ1) is 14.1. The lowest BCUT2D eigenvalue weighted by Gasteiger charge is -2.07. The van der Waals surface area contributed by atoms with Crippen LogP contribution in [-0.2, 0) is 4.79 Å². The third kappa shape index (κ3) is 4.10. The molecule has 2 N–H and O–H groups in total. The lowest BCUT2D eigenvalue weighted by Crippen LogP contribution is -2.32. The summed E-state index contributed by atoms with van der Waals surface area (Å²) in [6.07, 6.45) is 0. The third-order valence-corrected chi connectivity index (χ3v) is 2.79. The highest BCUT2D eigenvalue weighted by Gasteiger charge is 2.08. The molecule has 20 heavy (non-hydrogen) atoms. The summed E-state index contributed by atoms with van der Waals surface area (Å²) in [7, 11) is 0. The molecular formula is C15H13ClN2O2. The van der Waals surface area contributed by atoms with Crippen molar-refractivity contribution in [3.8, 4) is 0 Å². The predicted molar refractivity (Wildman–Crippen MR) is 78.9 cm³/mol. The first-order chi connectivity index (χ1) is 9.65. The van der Waals surface area contributed by atoms with Gasteiger partial charge in [0.15, 0.2) is 0 Å². The fourth-order valence-electron chi connectivity index (χ4n) is 1.62. The molecule has 0 saturated heterocycles. The van der Waals surface area contributed by atoms with Crippen LogP contribution in [0, 0.1) is 0 Å². The number of anilines is 1. The van der Waals surface area contributed by atoms with Crippen molar-refractivity contribution in [2.45, 2.75) is 0 Å². The molecule has 0 aliphatic rings. The summed E-state index contributed by atoms with van der Waals surface area (Å²) < 4.78 is 0. The van der Waals surface area contributed by atoms with Crippen LogP contribution in [0.25, 0.3) is 0 Å². The molecule has 0 radical (unpaired) electrons. The minimum absolute atomic E-state index is 0.0970. The maximum Gasteiger partial charge on any atom is 0.251 e.